The Morgan fingerprint density at radius 1 is 1.64 bits per heavy atom. The lowest BCUT2D eigenvalue weighted by atomic mass is 9.91. The van der Waals surface area contributed by atoms with Crippen molar-refractivity contribution in [2.75, 3.05) is 6.61 Å². The van der Waals surface area contributed by atoms with Crippen LogP contribution in [0.4, 0.5) is 0 Å². The highest BCUT2D eigenvalue weighted by Gasteiger charge is 2.35. The maximum atomic E-state index is 10.7. The molecule has 0 radical (unpaired) electrons. The quantitative estimate of drug-likeness (QED) is 0.582. The second kappa shape index (κ2) is 3.35. The molecule has 1 saturated heterocycles. The van der Waals surface area contributed by atoms with E-state index in [1.807, 2.05) is 0 Å². The maximum Gasteiger partial charge on any atom is 0.151 e. The summed E-state index contributed by atoms with van der Waals surface area (Å²) in [5.41, 5.74) is -0.422. The van der Waals surface area contributed by atoms with Gasteiger partial charge >= 0.3 is 0 Å². The fraction of sp³-hybridized carbons (Fsp3) is 0.889. The first-order valence-electron chi connectivity index (χ1n) is 4.29. The second-order valence-corrected chi connectivity index (χ2v) is 3.73. The number of ether oxygens (including phenoxy) is 1. The topological polar surface area (TPSA) is 26.3 Å². The van der Waals surface area contributed by atoms with Crippen LogP contribution in [0.15, 0.2) is 0 Å². The molecule has 0 bridgehead atoms. The average Bonchev–Trinajstić information content (AvgIpc) is 2.36. The van der Waals surface area contributed by atoms with E-state index >= 15 is 0 Å². The van der Waals surface area contributed by atoms with Crippen molar-refractivity contribution < 1.29 is 9.53 Å². The summed E-state index contributed by atoms with van der Waals surface area (Å²) in [4.78, 5) is 10.7. The smallest absolute Gasteiger partial charge is 0.151 e. The Morgan fingerprint density at radius 3 is 2.73 bits per heavy atom. The zero-order valence-electron chi connectivity index (χ0n) is 7.30. The number of hydrogen-bond acceptors (Lipinski definition) is 2. The van der Waals surface area contributed by atoms with Gasteiger partial charge in [-0.15, -0.1) is 0 Å². The number of aldehydes is 1. The minimum atomic E-state index is -0.422. The van der Waals surface area contributed by atoms with Crippen molar-refractivity contribution in [3.63, 3.8) is 0 Å². The molecule has 1 aliphatic rings. The molecule has 0 saturated carbocycles. The third-order valence-corrected chi connectivity index (χ3v) is 2.10. The lowest BCUT2D eigenvalue weighted by Gasteiger charge is -2.23. The fourth-order valence-corrected chi connectivity index (χ4v) is 1.71. The molecule has 0 aromatic heterocycles. The van der Waals surface area contributed by atoms with Gasteiger partial charge in [-0.1, -0.05) is 13.8 Å². The minimum absolute atomic E-state index is 0.422. The normalized spacial score (nSPS) is 31.2. The number of hydrogen-bond donors (Lipinski definition) is 0. The fourth-order valence-electron chi connectivity index (χ4n) is 1.71. The molecule has 0 N–H and O–H groups in total. The summed E-state index contributed by atoms with van der Waals surface area (Å²) >= 11 is 0. The highest BCUT2D eigenvalue weighted by Crippen LogP contribution is 2.29. The van der Waals surface area contributed by atoms with Crippen molar-refractivity contribution in [1.82, 2.24) is 0 Å². The Morgan fingerprint density at radius 2 is 2.36 bits per heavy atom. The molecule has 0 aromatic carbocycles. The van der Waals surface area contributed by atoms with E-state index in [1.54, 1.807) is 0 Å². The highest BCUT2D eigenvalue weighted by atomic mass is 16.5. The summed E-state index contributed by atoms with van der Waals surface area (Å²) in [5.74, 6) is 0.540. The molecule has 0 aromatic rings. The van der Waals surface area contributed by atoms with Gasteiger partial charge in [-0.3, -0.25) is 0 Å². The van der Waals surface area contributed by atoms with E-state index in [0.717, 1.165) is 32.2 Å². The molecule has 1 rings (SSSR count). The molecule has 2 nitrogen and oxygen atoms in total. The van der Waals surface area contributed by atoms with Crippen molar-refractivity contribution in [3.8, 4) is 0 Å². The second-order valence-electron chi connectivity index (χ2n) is 3.73. The van der Waals surface area contributed by atoms with E-state index in [9.17, 15) is 4.79 Å². The molecule has 11 heavy (non-hydrogen) atoms. The molecule has 64 valence electrons. The Balaban J connectivity index is 2.52. The molecule has 1 heterocycles. The standard InChI is InChI=1S/C9H16O2/c1-8(2)6-9(7-10)4-3-5-11-9/h7-8H,3-6H2,1-2H3. The Hall–Kier alpha value is -0.370. The predicted molar refractivity (Wildman–Crippen MR) is 43.4 cm³/mol. The van der Waals surface area contributed by atoms with Crippen LogP contribution >= 0.6 is 0 Å². The Kier molecular flexibility index (Phi) is 2.66. The average molecular weight is 156 g/mol. The molecule has 1 fully saturated rings. The van der Waals surface area contributed by atoms with Crippen LogP contribution in [-0.2, 0) is 9.53 Å². The van der Waals surface area contributed by atoms with Crippen LogP contribution in [0.5, 0.6) is 0 Å². The molecule has 0 spiro atoms. The summed E-state index contributed by atoms with van der Waals surface area (Å²) in [6.45, 7) is 4.99. The third kappa shape index (κ3) is 2.03. The number of carbonyl (C=O) groups excluding carboxylic acids is 1. The van der Waals surface area contributed by atoms with E-state index in [-0.39, 0.29) is 0 Å². The first-order chi connectivity index (χ1) is 5.18. The molecule has 1 aliphatic heterocycles. The third-order valence-electron chi connectivity index (χ3n) is 2.10. The largest absolute Gasteiger partial charge is 0.368 e. The van der Waals surface area contributed by atoms with Gasteiger partial charge in [0.25, 0.3) is 0 Å². The van der Waals surface area contributed by atoms with Crippen molar-refractivity contribution >= 4 is 6.29 Å². The summed E-state index contributed by atoms with van der Waals surface area (Å²) in [7, 11) is 0. The van der Waals surface area contributed by atoms with Gasteiger partial charge in [-0.05, 0) is 25.2 Å². The van der Waals surface area contributed by atoms with Crippen LogP contribution in [0.2, 0.25) is 0 Å². The van der Waals surface area contributed by atoms with E-state index in [4.69, 9.17) is 4.74 Å². The number of carbonyl (C=O) groups is 1. The van der Waals surface area contributed by atoms with Crippen molar-refractivity contribution in [3.05, 3.63) is 0 Å². The van der Waals surface area contributed by atoms with Crippen LogP contribution in [0, 0.1) is 5.92 Å². The van der Waals surface area contributed by atoms with E-state index in [2.05, 4.69) is 13.8 Å². The monoisotopic (exact) mass is 156 g/mol. The van der Waals surface area contributed by atoms with Gasteiger partial charge in [0.2, 0.25) is 0 Å². The first-order valence-corrected chi connectivity index (χ1v) is 4.29. The molecule has 0 amide bonds. The van der Waals surface area contributed by atoms with Gasteiger partial charge < -0.3 is 9.53 Å². The van der Waals surface area contributed by atoms with Gasteiger partial charge in [0.15, 0.2) is 6.29 Å². The van der Waals surface area contributed by atoms with Gasteiger partial charge in [0, 0.05) is 6.61 Å². The van der Waals surface area contributed by atoms with E-state index < -0.39 is 5.60 Å². The molecule has 2 heteroatoms. The van der Waals surface area contributed by atoms with E-state index in [0.29, 0.717) is 5.92 Å². The predicted octanol–water partition coefficient (Wildman–Crippen LogP) is 1.78. The SMILES string of the molecule is CC(C)CC1(C=O)CCCO1. The van der Waals surface area contributed by atoms with Crippen LogP contribution in [0.25, 0.3) is 0 Å². The van der Waals surface area contributed by atoms with Crippen LogP contribution in [0.3, 0.4) is 0 Å². The van der Waals surface area contributed by atoms with Gasteiger partial charge in [0.05, 0.1) is 0 Å². The summed E-state index contributed by atoms with van der Waals surface area (Å²) < 4.78 is 5.43. The minimum Gasteiger partial charge on any atom is -0.368 e. The molecule has 0 aliphatic carbocycles. The van der Waals surface area contributed by atoms with Crippen molar-refractivity contribution in [2.45, 2.75) is 38.7 Å². The van der Waals surface area contributed by atoms with Gasteiger partial charge in [0.1, 0.15) is 5.60 Å². The lowest BCUT2D eigenvalue weighted by molar-refractivity contribution is -0.127. The Labute approximate surface area is 67.9 Å². The van der Waals surface area contributed by atoms with Crippen molar-refractivity contribution in [1.29, 1.82) is 0 Å². The summed E-state index contributed by atoms with van der Waals surface area (Å²) in [6, 6.07) is 0. The van der Waals surface area contributed by atoms with Gasteiger partial charge in [-0.25, -0.2) is 0 Å². The first kappa shape index (κ1) is 8.72. The van der Waals surface area contributed by atoms with Crippen LogP contribution in [-0.4, -0.2) is 18.5 Å². The number of rotatable bonds is 3. The van der Waals surface area contributed by atoms with Gasteiger partial charge in [-0.2, -0.15) is 0 Å². The molecule has 1 atom stereocenters. The van der Waals surface area contributed by atoms with E-state index in [1.165, 1.54) is 0 Å². The molecule has 1 unspecified atom stereocenters. The zero-order chi connectivity index (χ0) is 8.32. The summed E-state index contributed by atoms with van der Waals surface area (Å²) in [6.07, 6.45) is 3.80. The maximum absolute atomic E-state index is 10.7. The van der Waals surface area contributed by atoms with Crippen molar-refractivity contribution in [2.24, 2.45) is 5.92 Å². The molecular weight excluding hydrogens is 140 g/mol. The van der Waals surface area contributed by atoms with Crippen LogP contribution < -0.4 is 0 Å². The Bertz CT molecular complexity index is 134. The summed E-state index contributed by atoms with van der Waals surface area (Å²) in [5, 5.41) is 0. The van der Waals surface area contributed by atoms with Crippen LogP contribution in [0.1, 0.15) is 33.1 Å². The zero-order valence-corrected chi connectivity index (χ0v) is 7.30. The molecular formula is C9H16O2. The lowest BCUT2D eigenvalue weighted by Crippen LogP contribution is -2.31. The highest BCUT2D eigenvalue weighted by molar-refractivity contribution is 5.62.